The van der Waals surface area contributed by atoms with E-state index < -0.39 is 6.10 Å². The summed E-state index contributed by atoms with van der Waals surface area (Å²) in [5, 5.41) is 9.49. The summed E-state index contributed by atoms with van der Waals surface area (Å²) in [6, 6.07) is 7.62. The molecule has 2 N–H and O–H groups in total. The fourth-order valence-corrected chi connectivity index (χ4v) is 2.32. The lowest BCUT2D eigenvalue weighted by atomic mass is 10.3. The molecule has 8 heteroatoms. The minimum Gasteiger partial charge on any atom is -0.481 e. The van der Waals surface area contributed by atoms with Gasteiger partial charge < -0.3 is 14.6 Å². The summed E-state index contributed by atoms with van der Waals surface area (Å²) >= 11 is 6.67. The lowest BCUT2D eigenvalue weighted by Gasteiger charge is -2.14. The van der Waals surface area contributed by atoms with Crippen molar-refractivity contribution in [2.24, 2.45) is 7.05 Å². The van der Waals surface area contributed by atoms with Crippen LogP contribution in [0.2, 0.25) is 0 Å². The maximum Gasteiger partial charge on any atom is 0.261 e. The smallest absolute Gasteiger partial charge is 0.261 e. The molecule has 0 fully saturated rings. The first-order valence-corrected chi connectivity index (χ1v) is 8.33. The van der Waals surface area contributed by atoms with E-state index in [-0.39, 0.29) is 5.91 Å². The molecule has 1 amide bonds. The standard InChI is InChI=1S/C14H18N4O2S2/c1-9(20-10-4-6-11(22-3)7-5-10)13(19)15-8-12-16-17-14(21)18(12)2/h4-7,9H,8H2,1-3H3,(H,15,19)(H,17,21). The van der Waals surface area contributed by atoms with Crippen LogP contribution < -0.4 is 10.1 Å². The zero-order chi connectivity index (χ0) is 16.1. The zero-order valence-corrected chi connectivity index (χ0v) is 14.3. The first-order valence-electron chi connectivity index (χ1n) is 6.70. The zero-order valence-electron chi connectivity index (χ0n) is 12.6. The van der Waals surface area contributed by atoms with Crippen molar-refractivity contribution in [3.63, 3.8) is 0 Å². The summed E-state index contributed by atoms with van der Waals surface area (Å²) in [5.74, 6) is 1.12. The maximum atomic E-state index is 12.0. The Morgan fingerprint density at radius 3 is 2.73 bits per heavy atom. The summed E-state index contributed by atoms with van der Waals surface area (Å²) < 4.78 is 7.85. The van der Waals surface area contributed by atoms with Crippen LogP contribution in [-0.2, 0) is 18.4 Å². The van der Waals surface area contributed by atoms with Gasteiger partial charge in [-0.1, -0.05) is 0 Å². The molecule has 1 heterocycles. The van der Waals surface area contributed by atoms with Gasteiger partial charge >= 0.3 is 0 Å². The predicted octanol–water partition coefficient (Wildman–Crippen LogP) is 2.28. The number of benzene rings is 1. The molecular weight excluding hydrogens is 320 g/mol. The molecule has 1 unspecified atom stereocenters. The number of carbonyl (C=O) groups excluding carboxylic acids is 1. The number of hydrogen-bond donors (Lipinski definition) is 2. The number of rotatable bonds is 6. The number of nitrogens with zero attached hydrogens (tertiary/aromatic N) is 2. The molecule has 0 aliphatic heterocycles. The summed E-state index contributed by atoms with van der Waals surface area (Å²) in [7, 11) is 1.79. The molecule has 22 heavy (non-hydrogen) atoms. The topological polar surface area (TPSA) is 71.9 Å². The van der Waals surface area contributed by atoms with E-state index in [2.05, 4.69) is 15.5 Å². The second-order valence-electron chi connectivity index (χ2n) is 4.66. The lowest BCUT2D eigenvalue weighted by molar-refractivity contribution is -0.127. The minimum atomic E-state index is -0.590. The van der Waals surface area contributed by atoms with Crippen molar-refractivity contribution in [2.45, 2.75) is 24.5 Å². The SMILES string of the molecule is CSc1ccc(OC(C)C(=O)NCc2n[nH]c(=S)n2C)cc1. The van der Waals surface area contributed by atoms with E-state index in [4.69, 9.17) is 17.0 Å². The fraction of sp³-hybridized carbons (Fsp3) is 0.357. The van der Waals surface area contributed by atoms with Gasteiger partial charge in [0.1, 0.15) is 5.75 Å². The Kier molecular flexibility index (Phi) is 5.62. The molecule has 0 aliphatic rings. The Morgan fingerprint density at radius 2 is 2.18 bits per heavy atom. The van der Waals surface area contributed by atoms with Crippen LogP contribution in [0, 0.1) is 4.77 Å². The molecule has 2 rings (SSSR count). The van der Waals surface area contributed by atoms with Gasteiger partial charge in [0, 0.05) is 11.9 Å². The second-order valence-corrected chi connectivity index (χ2v) is 5.92. The van der Waals surface area contributed by atoms with E-state index in [0.717, 1.165) is 4.90 Å². The number of H-pyrrole nitrogens is 1. The number of carbonyl (C=O) groups is 1. The van der Waals surface area contributed by atoms with Crippen LogP contribution in [0.25, 0.3) is 0 Å². The van der Waals surface area contributed by atoms with E-state index in [9.17, 15) is 4.79 Å². The molecule has 118 valence electrons. The van der Waals surface area contributed by atoms with Gasteiger partial charge in [-0.3, -0.25) is 9.89 Å². The number of aromatic amines is 1. The number of thioether (sulfide) groups is 1. The van der Waals surface area contributed by atoms with Gasteiger partial charge in [0.2, 0.25) is 0 Å². The number of nitrogens with one attached hydrogen (secondary N) is 2. The largest absolute Gasteiger partial charge is 0.481 e. The highest BCUT2D eigenvalue weighted by molar-refractivity contribution is 7.98. The van der Waals surface area contributed by atoms with Crippen LogP contribution in [0.5, 0.6) is 5.75 Å². The molecule has 6 nitrogen and oxygen atoms in total. The molecule has 1 atom stereocenters. The van der Waals surface area contributed by atoms with Crippen molar-refractivity contribution >= 4 is 29.9 Å². The normalized spacial score (nSPS) is 12.0. The maximum absolute atomic E-state index is 12.0. The molecule has 0 bridgehead atoms. The molecule has 0 saturated heterocycles. The fourth-order valence-electron chi connectivity index (χ4n) is 1.76. The minimum absolute atomic E-state index is 0.206. The van der Waals surface area contributed by atoms with Crippen molar-refractivity contribution in [1.29, 1.82) is 0 Å². The van der Waals surface area contributed by atoms with Gasteiger partial charge in [0.25, 0.3) is 5.91 Å². The van der Waals surface area contributed by atoms with Crippen molar-refractivity contribution < 1.29 is 9.53 Å². The van der Waals surface area contributed by atoms with E-state index in [1.54, 1.807) is 30.3 Å². The molecule has 0 aliphatic carbocycles. The van der Waals surface area contributed by atoms with Gasteiger partial charge in [-0.05, 0) is 49.7 Å². The molecule has 2 aromatic rings. The van der Waals surface area contributed by atoms with Crippen LogP contribution in [-0.4, -0.2) is 33.0 Å². The number of hydrogen-bond acceptors (Lipinski definition) is 5. The Labute approximate surface area is 138 Å². The van der Waals surface area contributed by atoms with Crippen LogP contribution >= 0.6 is 24.0 Å². The van der Waals surface area contributed by atoms with Crippen LogP contribution in [0.1, 0.15) is 12.7 Å². The van der Waals surface area contributed by atoms with Gasteiger partial charge in [0.15, 0.2) is 16.7 Å². The monoisotopic (exact) mass is 338 g/mol. The molecule has 0 spiro atoms. The molecule has 0 saturated carbocycles. The first kappa shape index (κ1) is 16.6. The summed E-state index contributed by atoms with van der Waals surface area (Å²) in [4.78, 5) is 13.2. The van der Waals surface area contributed by atoms with Crippen molar-refractivity contribution in [3.05, 3.63) is 34.9 Å². The number of ether oxygens (including phenoxy) is 1. The third-order valence-electron chi connectivity index (χ3n) is 3.13. The molecule has 0 radical (unpaired) electrons. The predicted molar refractivity (Wildman–Crippen MR) is 88.6 cm³/mol. The van der Waals surface area contributed by atoms with Crippen LogP contribution in [0.15, 0.2) is 29.2 Å². The van der Waals surface area contributed by atoms with E-state index in [0.29, 0.717) is 22.9 Å². The Bertz CT molecular complexity index is 694. The highest BCUT2D eigenvalue weighted by atomic mass is 32.2. The highest BCUT2D eigenvalue weighted by Gasteiger charge is 2.15. The quantitative estimate of drug-likeness (QED) is 0.624. The third kappa shape index (κ3) is 4.11. The van der Waals surface area contributed by atoms with Gasteiger partial charge in [-0.25, -0.2) is 0 Å². The highest BCUT2D eigenvalue weighted by Crippen LogP contribution is 2.19. The van der Waals surface area contributed by atoms with Crippen LogP contribution in [0.3, 0.4) is 0 Å². The molecular formula is C14H18N4O2S2. The van der Waals surface area contributed by atoms with Crippen LogP contribution in [0.4, 0.5) is 0 Å². The van der Waals surface area contributed by atoms with Crippen molar-refractivity contribution in [3.8, 4) is 5.75 Å². The molecule has 1 aromatic heterocycles. The summed E-state index contributed by atoms with van der Waals surface area (Å²) in [6.45, 7) is 2.00. The number of amides is 1. The van der Waals surface area contributed by atoms with Crippen molar-refractivity contribution in [2.75, 3.05) is 6.26 Å². The average Bonchev–Trinajstić information content (AvgIpc) is 2.85. The average molecular weight is 338 g/mol. The second kappa shape index (κ2) is 7.46. The Hall–Kier alpha value is -1.80. The number of aromatic nitrogens is 3. The third-order valence-corrected chi connectivity index (χ3v) is 4.24. The summed E-state index contributed by atoms with van der Waals surface area (Å²) in [5.41, 5.74) is 0. The van der Waals surface area contributed by atoms with E-state index in [1.807, 2.05) is 30.5 Å². The molecule has 1 aromatic carbocycles. The van der Waals surface area contributed by atoms with Crippen molar-refractivity contribution in [1.82, 2.24) is 20.1 Å². The van der Waals surface area contributed by atoms with Gasteiger partial charge in [0.05, 0.1) is 6.54 Å². The van der Waals surface area contributed by atoms with E-state index >= 15 is 0 Å². The van der Waals surface area contributed by atoms with Gasteiger partial charge in [-0.2, -0.15) is 5.10 Å². The Morgan fingerprint density at radius 1 is 1.50 bits per heavy atom. The summed E-state index contributed by atoms with van der Waals surface area (Å²) in [6.07, 6.45) is 1.42. The van der Waals surface area contributed by atoms with Gasteiger partial charge in [-0.15, -0.1) is 11.8 Å². The first-order chi connectivity index (χ1) is 10.5. The Balaban J connectivity index is 1.88. The van der Waals surface area contributed by atoms with E-state index in [1.165, 1.54) is 0 Å². The lowest BCUT2D eigenvalue weighted by Crippen LogP contribution is -2.36.